The van der Waals surface area contributed by atoms with E-state index in [9.17, 15) is 13.6 Å². The molecule has 3 aromatic rings. The van der Waals surface area contributed by atoms with Gasteiger partial charge in [0, 0.05) is 19.2 Å². The SMILES string of the molecule is O=C(Nc1nc2c(F)cc(F)cc2s1)C1CCCN(c2ccnnc2)C1. The number of piperidine rings is 1. The molecule has 0 aliphatic carbocycles. The Kier molecular flexibility index (Phi) is 4.46. The lowest BCUT2D eigenvalue weighted by atomic mass is 9.97. The van der Waals surface area contributed by atoms with Crippen LogP contribution in [0.4, 0.5) is 19.6 Å². The number of rotatable bonds is 3. The molecule has 1 aliphatic heterocycles. The highest BCUT2D eigenvalue weighted by Crippen LogP contribution is 2.30. The number of halogens is 2. The Morgan fingerprint density at radius 1 is 1.31 bits per heavy atom. The lowest BCUT2D eigenvalue weighted by Gasteiger charge is -2.33. The average molecular weight is 375 g/mol. The molecule has 9 heteroatoms. The van der Waals surface area contributed by atoms with Crippen molar-refractivity contribution in [3.05, 3.63) is 42.2 Å². The summed E-state index contributed by atoms with van der Waals surface area (Å²) in [6.45, 7) is 1.41. The third kappa shape index (κ3) is 3.34. The topological polar surface area (TPSA) is 71.0 Å². The molecule has 1 aromatic carbocycles. The van der Waals surface area contributed by atoms with Crippen molar-refractivity contribution in [2.75, 3.05) is 23.3 Å². The van der Waals surface area contributed by atoms with Gasteiger partial charge in [-0.15, -0.1) is 0 Å². The lowest BCUT2D eigenvalue weighted by Crippen LogP contribution is -2.40. The van der Waals surface area contributed by atoms with Crippen LogP contribution in [-0.4, -0.2) is 34.2 Å². The van der Waals surface area contributed by atoms with Gasteiger partial charge in [-0.1, -0.05) is 11.3 Å². The third-order valence-electron chi connectivity index (χ3n) is 4.37. The van der Waals surface area contributed by atoms with Crippen LogP contribution in [0.3, 0.4) is 0 Å². The van der Waals surface area contributed by atoms with Crippen molar-refractivity contribution in [1.29, 1.82) is 0 Å². The van der Waals surface area contributed by atoms with Crippen LogP contribution in [0.2, 0.25) is 0 Å². The van der Waals surface area contributed by atoms with Gasteiger partial charge in [0.25, 0.3) is 0 Å². The van der Waals surface area contributed by atoms with Gasteiger partial charge in [0.05, 0.1) is 28.7 Å². The number of hydrogen-bond acceptors (Lipinski definition) is 6. The number of carbonyl (C=O) groups excluding carboxylic acids is 1. The van der Waals surface area contributed by atoms with Crippen molar-refractivity contribution >= 4 is 38.3 Å². The predicted octanol–water partition coefficient (Wildman–Crippen LogP) is 3.22. The molecule has 3 heterocycles. The molecule has 0 bridgehead atoms. The van der Waals surface area contributed by atoms with Gasteiger partial charge in [-0.05, 0) is 25.0 Å². The summed E-state index contributed by atoms with van der Waals surface area (Å²) in [4.78, 5) is 18.8. The van der Waals surface area contributed by atoms with Gasteiger partial charge < -0.3 is 10.2 Å². The summed E-state index contributed by atoms with van der Waals surface area (Å²) in [5.41, 5.74) is 0.995. The number of amides is 1. The molecule has 0 spiro atoms. The van der Waals surface area contributed by atoms with E-state index in [0.717, 1.165) is 42.5 Å². The monoisotopic (exact) mass is 375 g/mol. The van der Waals surface area contributed by atoms with Crippen LogP contribution >= 0.6 is 11.3 Å². The Bertz CT molecular complexity index is 949. The molecule has 1 amide bonds. The third-order valence-corrected chi connectivity index (χ3v) is 5.29. The number of thiazole rings is 1. The van der Waals surface area contributed by atoms with Crippen molar-refractivity contribution in [2.24, 2.45) is 5.92 Å². The fourth-order valence-electron chi connectivity index (χ4n) is 3.11. The Hall–Kier alpha value is -2.68. The Labute approximate surface area is 151 Å². The molecule has 4 rings (SSSR count). The molecule has 1 unspecified atom stereocenters. The summed E-state index contributed by atoms with van der Waals surface area (Å²) in [7, 11) is 0. The molecule has 1 N–H and O–H groups in total. The molecule has 134 valence electrons. The highest BCUT2D eigenvalue weighted by atomic mass is 32.1. The number of nitrogens with zero attached hydrogens (tertiary/aromatic N) is 4. The van der Waals surface area contributed by atoms with E-state index in [2.05, 4.69) is 25.4 Å². The second-order valence-electron chi connectivity index (χ2n) is 6.13. The van der Waals surface area contributed by atoms with E-state index in [4.69, 9.17) is 0 Å². The fraction of sp³-hybridized carbons (Fsp3) is 0.294. The number of fused-ring (bicyclic) bond motifs is 1. The molecular formula is C17H15F2N5OS. The van der Waals surface area contributed by atoms with Gasteiger partial charge in [0.15, 0.2) is 10.9 Å². The molecule has 6 nitrogen and oxygen atoms in total. The summed E-state index contributed by atoms with van der Waals surface area (Å²) in [6, 6.07) is 3.86. The van der Waals surface area contributed by atoms with E-state index in [1.807, 2.05) is 6.07 Å². The summed E-state index contributed by atoms with van der Waals surface area (Å²) >= 11 is 1.06. The van der Waals surface area contributed by atoms with E-state index in [0.29, 0.717) is 11.2 Å². The number of benzene rings is 1. The summed E-state index contributed by atoms with van der Waals surface area (Å²) in [5, 5.41) is 10.7. The van der Waals surface area contributed by atoms with Crippen molar-refractivity contribution in [3.63, 3.8) is 0 Å². The normalized spacial score (nSPS) is 17.5. The van der Waals surface area contributed by atoms with Crippen LogP contribution < -0.4 is 10.2 Å². The summed E-state index contributed by atoms with van der Waals surface area (Å²) in [5.74, 6) is -1.78. The lowest BCUT2D eigenvalue weighted by molar-refractivity contribution is -0.120. The molecule has 1 atom stereocenters. The maximum atomic E-state index is 13.8. The zero-order valence-corrected chi connectivity index (χ0v) is 14.5. The summed E-state index contributed by atoms with van der Waals surface area (Å²) in [6.07, 6.45) is 4.92. The first-order valence-corrected chi connectivity index (χ1v) is 9.00. The van der Waals surface area contributed by atoms with E-state index >= 15 is 0 Å². The second kappa shape index (κ2) is 6.91. The van der Waals surface area contributed by atoms with Crippen LogP contribution in [0.1, 0.15) is 12.8 Å². The van der Waals surface area contributed by atoms with Crippen LogP contribution in [0.15, 0.2) is 30.6 Å². The molecule has 0 saturated carbocycles. The molecule has 2 aromatic heterocycles. The largest absolute Gasteiger partial charge is 0.369 e. The highest BCUT2D eigenvalue weighted by Gasteiger charge is 2.27. The van der Waals surface area contributed by atoms with Gasteiger partial charge in [-0.2, -0.15) is 10.2 Å². The zero-order valence-electron chi connectivity index (χ0n) is 13.7. The maximum absolute atomic E-state index is 13.8. The Morgan fingerprint density at radius 3 is 3.00 bits per heavy atom. The minimum Gasteiger partial charge on any atom is -0.369 e. The van der Waals surface area contributed by atoms with Crippen molar-refractivity contribution < 1.29 is 13.6 Å². The van der Waals surface area contributed by atoms with Crippen molar-refractivity contribution in [1.82, 2.24) is 15.2 Å². The first-order valence-electron chi connectivity index (χ1n) is 8.18. The van der Waals surface area contributed by atoms with Gasteiger partial charge in [0.2, 0.25) is 5.91 Å². The molecular weight excluding hydrogens is 360 g/mol. The minimum atomic E-state index is -0.731. The molecule has 26 heavy (non-hydrogen) atoms. The minimum absolute atomic E-state index is 0.0693. The number of carbonyl (C=O) groups is 1. The van der Waals surface area contributed by atoms with Crippen LogP contribution in [0, 0.1) is 17.6 Å². The van der Waals surface area contributed by atoms with Gasteiger partial charge in [-0.3, -0.25) is 4.79 Å². The maximum Gasteiger partial charge on any atom is 0.231 e. The second-order valence-corrected chi connectivity index (χ2v) is 7.16. The van der Waals surface area contributed by atoms with Gasteiger partial charge in [-0.25, -0.2) is 13.8 Å². The van der Waals surface area contributed by atoms with Crippen LogP contribution in [0.5, 0.6) is 0 Å². The van der Waals surface area contributed by atoms with Crippen molar-refractivity contribution in [3.8, 4) is 0 Å². The number of anilines is 2. The Balaban J connectivity index is 1.48. The zero-order chi connectivity index (χ0) is 18.1. The quantitative estimate of drug-likeness (QED) is 0.761. The highest BCUT2D eigenvalue weighted by molar-refractivity contribution is 7.22. The number of nitrogens with one attached hydrogen (secondary N) is 1. The first-order chi connectivity index (χ1) is 12.6. The molecule has 1 aliphatic rings. The number of hydrogen-bond donors (Lipinski definition) is 1. The van der Waals surface area contributed by atoms with E-state index in [-0.39, 0.29) is 22.5 Å². The van der Waals surface area contributed by atoms with E-state index < -0.39 is 11.6 Å². The van der Waals surface area contributed by atoms with Crippen LogP contribution in [-0.2, 0) is 4.79 Å². The average Bonchev–Trinajstić information content (AvgIpc) is 3.05. The number of aromatic nitrogens is 3. The smallest absolute Gasteiger partial charge is 0.231 e. The predicted molar refractivity (Wildman–Crippen MR) is 95.1 cm³/mol. The molecule has 0 radical (unpaired) electrons. The summed E-state index contributed by atoms with van der Waals surface area (Å²) < 4.78 is 27.4. The van der Waals surface area contributed by atoms with Crippen LogP contribution in [0.25, 0.3) is 10.2 Å². The van der Waals surface area contributed by atoms with E-state index in [1.54, 1.807) is 12.4 Å². The molecule has 1 fully saturated rings. The van der Waals surface area contributed by atoms with Gasteiger partial charge >= 0.3 is 0 Å². The van der Waals surface area contributed by atoms with Gasteiger partial charge in [0.1, 0.15) is 11.3 Å². The van der Waals surface area contributed by atoms with E-state index in [1.165, 1.54) is 6.07 Å². The fourth-order valence-corrected chi connectivity index (χ4v) is 4.02. The van der Waals surface area contributed by atoms with Crippen molar-refractivity contribution in [2.45, 2.75) is 12.8 Å². The standard InChI is InChI=1S/C17H15F2N5OS/c18-11-6-13(19)15-14(7-11)26-17(22-15)23-16(25)10-2-1-5-24(9-10)12-3-4-20-21-8-12/h3-4,6-8,10H,1-2,5,9H2,(H,22,23,25). The molecule has 1 saturated heterocycles. The first kappa shape index (κ1) is 16.8. The Morgan fingerprint density at radius 2 is 2.19 bits per heavy atom.